The van der Waals surface area contributed by atoms with Gasteiger partial charge in [-0.25, -0.2) is 0 Å². The van der Waals surface area contributed by atoms with Crippen LogP contribution in [0.15, 0.2) is 36.4 Å². The van der Waals surface area contributed by atoms with Crippen LogP contribution in [0.5, 0.6) is 5.75 Å². The Hall–Kier alpha value is -2.36. The predicted octanol–water partition coefficient (Wildman–Crippen LogP) is 7.12. The number of fused-ring (bicyclic) bond motifs is 1. The van der Waals surface area contributed by atoms with Crippen LogP contribution in [0.25, 0.3) is 10.8 Å². The summed E-state index contributed by atoms with van der Waals surface area (Å²) in [6.07, 6.45) is 14.9. The third-order valence-electron chi connectivity index (χ3n) is 5.91. The lowest BCUT2D eigenvalue weighted by Gasteiger charge is -2.09. The third-order valence-corrected chi connectivity index (χ3v) is 5.91. The minimum absolute atomic E-state index is 0.220. The van der Waals surface area contributed by atoms with Crippen LogP contribution in [-0.2, 0) is 16.0 Å². The summed E-state index contributed by atoms with van der Waals surface area (Å²) < 4.78 is 5.20. The molecular weight excluding hydrogens is 398 g/mol. The minimum Gasteiger partial charge on any atom is -0.427 e. The van der Waals surface area contributed by atoms with Gasteiger partial charge in [-0.05, 0) is 54.2 Å². The minimum atomic E-state index is -0.288. The monoisotopic (exact) mass is 439 g/mol. The molecule has 2 aromatic rings. The molecule has 0 spiro atoms. The molecule has 32 heavy (non-hydrogen) atoms. The second-order valence-electron chi connectivity index (χ2n) is 8.78. The van der Waals surface area contributed by atoms with Gasteiger partial charge in [0.15, 0.2) is 0 Å². The number of rotatable bonds is 16. The van der Waals surface area contributed by atoms with E-state index < -0.39 is 0 Å². The lowest BCUT2D eigenvalue weighted by atomic mass is 9.98. The van der Waals surface area contributed by atoms with E-state index in [1.807, 2.05) is 12.1 Å². The molecule has 0 bridgehead atoms. The zero-order valence-corrected chi connectivity index (χ0v) is 20.1. The van der Waals surface area contributed by atoms with Crippen LogP contribution in [-0.4, -0.2) is 18.4 Å². The van der Waals surface area contributed by atoms with Gasteiger partial charge in [-0.1, -0.05) is 82.6 Å². The van der Waals surface area contributed by atoms with Crippen molar-refractivity contribution in [2.45, 2.75) is 97.3 Å². The zero-order chi connectivity index (χ0) is 23.0. The number of carbonyl (C=O) groups excluding carboxylic acids is 2. The Labute approximate surface area is 194 Å². The number of carbonyl (C=O) groups is 2. The Kier molecular flexibility index (Phi) is 12.5. The second-order valence-corrected chi connectivity index (χ2v) is 8.78. The first kappa shape index (κ1) is 25.9. The molecule has 2 rings (SSSR count). The number of unbranched alkanes of at least 4 members (excludes halogenated alkanes) is 9. The summed E-state index contributed by atoms with van der Waals surface area (Å²) in [4.78, 5) is 22.9. The quantitative estimate of drug-likeness (QED) is 0.172. The van der Waals surface area contributed by atoms with Crippen molar-refractivity contribution in [3.05, 3.63) is 42.0 Å². The van der Waals surface area contributed by atoms with Gasteiger partial charge in [-0.3, -0.25) is 9.59 Å². The maximum atomic E-state index is 11.7. The normalized spacial score (nSPS) is 10.9. The molecule has 0 aliphatic rings. The molecule has 4 nitrogen and oxygen atoms in total. The smallest absolute Gasteiger partial charge is 0.308 e. The Balaban J connectivity index is 1.54. The first-order chi connectivity index (χ1) is 15.6. The van der Waals surface area contributed by atoms with Crippen LogP contribution >= 0.6 is 0 Å². The summed E-state index contributed by atoms with van der Waals surface area (Å²) >= 11 is 0. The average molecular weight is 440 g/mol. The molecule has 0 aliphatic heterocycles. The van der Waals surface area contributed by atoms with Crippen LogP contribution in [0.3, 0.4) is 0 Å². The van der Waals surface area contributed by atoms with Crippen molar-refractivity contribution in [3.8, 4) is 5.75 Å². The van der Waals surface area contributed by atoms with Crippen molar-refractivity contribution >= 4 is 22.6 Å². The first-order valence-electron chi connectivity index (χ1n) is 12.6. The van der Waals surface area contributed by atoms with Crippen LogP contribution in [0.2, 0.25) is 0 Å². The van der Waals surface area contributed by atoms with E-state index in [1.54, 1.807) is 0 Å². The molecule has 0 aliphatic carbocycles. The molecule has 4 heteroatoms. The van der Waals surface area contributed by atoms with Gasteiger partial charge in [-0.2, -0.15) is 0 Å². The Morgan fingerprint density at radius 1 is 0.844 bits per heavy atom. The highest BCUT2D eigenvalue weighted by Gasteiger charge is 2.05. The second kappa shape index (κ2) is 15.4. The highest BCUT2D eigenvalue weighted by Crippen LogP contribution is 2.25. The molecule has 0 saturated carbocycles. The zero-order valence-electron chi connectivity index (χ0n) is 20.1. The van der Waals surface area contributed by atoms with E-state index in [4.69, 9.17) is 4.74 Å². The summed E-state index contributed by atoms with van der Waals surface area (Å²) in [7, 11) is 0. The van der Waals surface area contributed by atoms with Gasteiger partial charge >= 0.3 is 5.97 Å². The average Bonchev–Trinajstić information content (AvgIpc) is 2.77. The Morgan fingerprint density at radius 2 is 1.56 bits per heavy atom. The van der Waals surface area contributed by atoms with Crippen LogP contribution in [0.1, 0.15) is 96.5 Å². The molecule has 1 N–H and O–H groups in total. The van der Waals surface area contributed by atoms with Crippen LogP contribution in [0, 0.1) is 0 Å². The summed E-state index contributed by atoms with van der Waals surface area (Å²) in [6.45, 7) is 4.44. The van der Waals surface area contributed by atoms with E-state index >= 15 is 0 Å². The van der Waals surface area contributed by atoms with E-state index in [9.17, 15) is 9.59 Å². The van der Waals surface area contributed by atoms with Crippen molar-refractivity contribution in [1.29, 1.82) is 0 Å². The summed E-state index contributed by atoms with van der Waals surface area (Å²) in [5, 5.41) is 5.39. The third kappa shape index (κ3) is 10.3. The molecule has 0 heterocycles. The Bertz CT molecular complexity index is 831. The van der Waals surface area contributed by atoms with E-state index in [0.29, 0.717) is 12.2 Å². The number of hydrogen-bond acceptors (Lipinski definition) is 3. The van der Waals surface area contributed by atoms with Crippen LogP contribution < -0.4 is 10.1 Å². The van der Waals surface area contributed by atoms with E-state index in [2.05, 4.69) is 36.5 Å². The van der Waals surface area contributed by atoms with Crippen molar-refractivity contribution in [3.63, 3.8) is 0 Å². The molecule has 0 unspecified atom stereocenters. The molecule has 0 saturated heterocycles. The number of ether oxygens (including phenoxy) is 1. The van der Waals surface area contributed by atoms with Crippen molar-refractivity contribution < 1.29 is 14.3 Å². The van der Waals surface area contributed by atoms with Crippen LogP contribution in [0.4, 0.5) is 0 Å². The largest absolute Gasteiger partial charge is 0.427 e. The van der Waals surface area contributed by atoms with E-state index in [1.165, 1.54) is 69.2 Å². The van der Waals surface area contributed by atoms with E-state index in [-0.39, 0.29) is 11.9 Å². The highest BCUT2D eigenvalue weighted by molar-refractivity contribution is 5.87. The molecule has 0 fully saturated rings. The summed E-state index contributed by atoms with van der Waals surface area (Å²) in [6, 6.07) is 12.2. The summed E-state index contributed by atoms with van der Waals surface area (Å²) in [5.41, 5.74) is 1.37. The topological polar surface area (TPSA) is 55.4 Å². The number of nitrogens with one attached hydrogen (secondary N) is 1. The number of benzene rings is 2. The van der Waals surface area contributed by atoms with Gasteiger partial charge in [0.05, 0.1) is 0 Å². The lowest BCUT2D eigenvalue weighted by Crippen LogP contribution is -2.23. The number of esters is 1. The standard InChI is InChI=1S/C28H41NO3/c1-3-4-13-21-29-28(31)18-12-10-8-6-5-7-9-11-15-24-16-14-17-25-22-26(32-23(2)30)19-20-27(24)25/h14,16-17,19-20,22H,3-13,15,18,21H2,1-2H3,(H,29,31). The maximum absolute atomic E-state index is 11.7. The number of hydrogen-bond donors (Lipinski definition) is 1. The summed E-state index contributed by atoms with van der Waals surface area (Å²) in [5.74, 6) is 0.538. The molecule has 1 amide bonds. The van der Waals surface area contributed by atoms with Gasteiger partial charge in [0, 0.05) is 19.9 Å². The first-order valence-corrected chi connectivity index (χ1v) is 12.6. The molecular formula is C28H41NO3. The fourth-order valence-electron chi connectivity index (χ4n) is 4.13. The number of amides is 1. The molecule has 0 aromatic heterocycles. The SMILES string of the molecule is CCCCCNC(=O)CCCCCCCCCCc1cccc2cc(OC(C)=O)ccc12. The Morgan fingerprint density at radius 3 is 2.28 bits per heavy atom. The predicted molar refractivity (Wildman–Crippen MR) is 133 cm³/mol. The molecule has 176 valence electrons. The van der Waals surface area contributed by atoms with Gasteiger partial charge in [0.2, 0.25) is 5.91 Å². The molecule has 2 aromatic carbocycles. The molecule has 0 atom stereocenters. The molecule has 0 radical (unpaired) electrons. The fourth-order valence-corrected chi connectivity index (χ4v) is 4.13. The fraction of sp³-hybridized carbons (Fsp3) is 0.571. The van der Waals surface area contributed by atoms with E-state index in [0.717, 1.165) is 37.6 Å². The maximum Gasteiger partial charge on any atom is 0.308 e. The van der Waals surface area contributed by atoms with Crippen molar-refractivity contribution in [2.24, 2.45) is 0 Å². The van der Waals surface area contributed by atoms with Gasteiger partial charge in [-0.15, -0.1) is 0 Å². The lowest BCUT2D eigenvalue weighted by molar-refractivity contribution is -0.131. The van der Waals surface area contributed by atoms with Gasteiger partial charge in [0.1, 0.15) is 5.75 Å². The van der Waals surface area contributed by atoms with Gasteiger partial charge < -0.3 is 10.1 Å². The van der Waals surface area contributed by atoms with Crippen molar-refractivity contribution in [1.82, 2.24) is 5.32 Å². The van der Waals surface area contributed by atoms with Gasteiger partial charge in [0.25, 0.3) is 0 Å². The highest BCUT2D eigenvalue weighted by atomic mass is 16.5. The van der Waals surface area contributed by atoms with Crippen molar-refractivity contribution in [2.75, 3.05) is 6.54 Å². The number of aryl methyl sites for hydroxylation is 1.